The highest BCUT2D eigenvalue weighted by atomic mass is 17.2. The van der Waals surface area contributed by atoms with Gasteiger partial charge in [-0.15, -0.1) is 0 Å². The lowest BCUT2D eigenvalue weighted by Gasteiger charge is -2.05. The molecule has 0 aliphatic carbocycles. The molecule has 1 saturated heterocycles. The summed E-state index contributed by atoms with van der Waals surface area (Å²) in [6.07, 6.45) is 2.09. The van der Waals surface area contributed by atoms with Crippen molar-refractivity contribution in [1.29, 1.82) is 0 Å². The minimum absolute atomic E-state index is 0.341. The summed E-state index contributed by atoms with van der Waals surface area (Å²) in [6, 6.07) is 0. The van der Waals surface area contributed by atoms with E-state index in [0.717, 1.165) is 0 Å². The van der Waals surface area contributed by atoms with Gasteiger partial charge in [0.15, 0.2) is 0 Å². The van der Waals surface area contributed by atoms with Gasteiger partial charge in [-0.2, -0.15) is 0 Å². The maximum atomic E-state index is 10.5. The zero-order chi connectivity index (χ0) is 7.40. The van der Waals surface area contributed by atoms with Crippen molar-refractivity contribution in [3.63, 3.8) is 0 Å². The number of carbonyl (C=O) groups is 2. The van der Waals surface area contributed by atoms with Crippen molar-refractivity contribution in [3.05, 3.63) is 0 Å². The number of rotatable bonds is 0. The zero-order valence-corrected chi connectivity index (χ0v) is 5.46. The summed E-state index contributed by atoms with van der Waals surface area (Å²) in [7, 11) is 0. The maximum Gasteiger partial charge on any atom is 0.355 e. The van der Waals surface area contributed by atoms with Gasteiger partial charge in [0.05, 0.1) is 12.8 Å². The fraction of sp³-hybridized carbons (Fsp3) is 0.667. The molecular weight excluding hydrogens is 136 g/mol. The topological polar surface area (TPSA) is 52.6 Å². The predicted molar refractivity (Wildman–Crippen MR) is 30.7 cm³/mol. The van der Waals surface area contributed by atoms with Crippen LogP contribution in [0, 0.1) is 0 Å². The summed E-state index contributed by atoms with van der Waals surface area (Å²) in [6.45, 7) is 0. The molecule has 0 radical (unpaired) electrons. The Labute approximate surface area is 58.0 Å². The molecular formula is C6H8O4. The van der Waals surface area contributed by atoms with Crippen molar-refractivity contribution in [2.24, 2.45) is 0 Å². The van der Waals surface area contributed by atoms with E-state index in [-0.39, 0.29) is 0 Å². The Kier molecular flexibility index (Phi) is 2.25. The average molecular weight is 144 g/mol. The standard InChI is InChI=1S/C6H8O4/c7-5-3-1-2-4-6(8)10-9-5/h1-4H2. The molecule has 0 aromatic heterocycles. The van der Waals surface area contributed by atoms with Crippen LogP contribution in [0.4, 0.5) is 0 Å². The third kappa shape index (κ3) is 2.05. The van der Waals surface area contributed by atoms with Crippen molar-refractivity contribution in [1.82, 2.24) is 0 Å². The van der Waals surface area contributed by atoms with E-state index in [1.807, 2.05) is 0 Å². The van der Waals surface area contributed by atoms with Crippen LogP contribution < -0.4 is 0 Å². The first-order chi connectivity index (χ1) is 4.79. The maximum absolute atomic E-state index is 10.5. The molecule has 0 amide bonds. The highest BCUT2D eigenvalue weighted by molar-refractivity contribution is 5.73. The molecule has 0 saturated carbocycles. The van der Waals surface area contributed by atoms with Crippen molar-refractivity contribution in [2.75, 3.05) is 0 Å². The van der Waals surface area contributed by atoms with Gasteiger partial charge < -0.3 is 0 Å². The van der Waals surface area contributed by atoms with Gasteiger partial charge in [0, 0.05) is 0 Å². The molecule has 0 spiro atoms. The number of hydrogen-bond donors (Lipinski definition) is 0. The first kappa shape index (κ1) is 7.05. The van der Waals surface area contributed by atoms with Crippen LogP contribution in [0.2, 0.25) is 0 Å². The van der Waals surface area contributed by atoms with Crippen LogP contribution in [0.25, 0.3) is 0 Å². The van der Waals surface area contributed by atoms with Gasteiger partial charge in [0.25, 0.3) is 0 Å². The van der Waals surface area contributed by atoms with Crippen molar-refractivity contribution >= 4 is 11.9 Å². The largest absolute Gasteiger partial charge is 0.355 e. The smallest absolute Gasteiger partial charge is 0.247 e. The van der Waals surface area contributed by atoms with E-state index in [9.17, 15) is 9.59 Å². The fourth-order valence-corrected chi connectivity index (χ4v) is 0.715. The quantitative estimate of drug-likeness (QED) is 0.466. The van der Waals surface area contributed by atoms with Gasteiger partial charge in [-0.05, 0) is 12.8 Å². The molecule has 4 heteroatoms. The van der Waals surface area contributed by atoms with E-state index in [0.29, 0.717) is 25.7 Å². The van der Waals surface area contributed by atoms with Crippen LogP contribution in [-0.2, 0) is 19.4 Å². The van der Waals surface area contributed by atoms with Gasteiger partial charge >= 0.3 is 11.9 Å². The minimum atomic E-state index is -0.465. The molecule has 10 heavy (non-hydrogen) atoms. The highest BCUT2D eigenvalue weighted by Gasteiger charge is 2.13. The van der Waals surface area contributed by atoms with Gasteiger partial charge in [0.2, 0.25) is 0 Å². The summed E-state index contributed by atoms with van der Waals surface area (Å²) < 4.78 is 0. The first-order valence-corrected chi connectivity index (χ1v) is 3.19. The molecule has 0 unspecified atom stereocenters. The first-order valence-electron chi connectivity index (χ1n) is 3.19. The molecule has 56 valence electrons. The molecule has 1 fully saturated rings. The Morgan fingerprint density at radius 1 is 0.900 bits per heavy atom. The van der Waals surface area contributed by atoms with Gasteiger partial charge in [-0.25, -0.2) is 19.4 Å². The van der Waals surface area contributed by atoms with E-state index >= 15 is 0 Å². The molecule has 4 nitrogen and oxygen atoms in total. The highest BCUT2D eigenvalue weighted by Crippen LogP contribution is 2.06. The zero-order valence-electron chi connectivity index (χ0n) is 5.46. The summed E-state index contributed by atoms with van der Waals surface area (Å²) in [5, 5.41) is 0. The summed E-state index contributed by atoms with van der Waals surface area (Å²) >= 11 is 0. The fourth-order valence-electron chi connectivity index (χ4n) is 0.715. The third-order valence-corrected chi connectivity index (χ3v) is 1.24. The van der Waals surface area contributed by atoms with Gasteiger partial charge in [-0.3, -0.25) is 0 Å². The van der Waals surface area contributed by atoms with E-state index in [1.165, 1.54) is 0 Å². The van der Waals surface area contributed by atoms with Crippen molar-refractivity contribution in [3.8, 4) is 0 Å². The molecule has 0 N–H and O–H groups in total. The molecule has 0 aromatic rings. The molecule has 0 bridgehead atoms. The Bertz CT molecular complexity index is 134. The van der Waals surface area contributed by atoms with Gasteiger partial charge in [-0.1, -0.05) is 0 Å². The van der Waals surface area contributed by atoms with Crippen LogP contribution in [0.3, 0.4) is 0 Å². The molecule has 1 heterocycles. The SMILES string of the molecule is O=C1CCCCC(=O)OO1. The second kappa shape index (κ2) is 3.20. The summed E-state index contributed by atoms with van der Waals surface area (Å²) in [5.74, 6) is -0.930. The van der Waals surface area contributed by atoms with E-state index in [2.05, 4.69) is 9.78 Å². The van der Waals surface area contributed by atoms with Crippen LogP contribution in [-0.4, -0.2) is 11.9 Å². The second-order valence-corrected chi connectivity index (χ2v) is 2.12. The number of carbonyl (C=O) groups excluding carboxylic acids is 2. The normalized spacial score (nSPS) is 20.4. The van der Waals surface area contributed by atoms with Crippen LogP contribution in [0.15, 0.2) is 0 Å². The molecule has 0 atom stereocenters. The van der Waals surface area contributed by atoms with Gasteiger partial charge in [0.1, 0.15) is 0 Å². The van der Waals surface area contributed by atoms with Crippen LogP contribution in [0.5, 0.6) is 0 Å². The van der Waals surface area contributed by atoms with Crippen LogP contribution in [0.1, 0.15) is 25.7 Å². The lowest BCUT2D eigenvalue weighted by molar-refractivity contribution is -0.260. The summed E-state index contributed by atoms with van der Waals surface area (Å²) in [5.41, 5.74) is 0. The van der Waals surface area contributed by atoms with E-state index in [1.54, 1.807) is 0 Å². The Morgan fingerprint density at radius 3 is 1.70 bits per heavy atom. The van der Waals surface area contributed by atoms with E-state index < -0.39 is 11.9 Å². The lowest BCUT2D eigenvalue weighted by atomic mass is 10.2. The van der Waals surface area contributed by atoms with E-state index in [4.69, 9.17) is 0 Å². The Hall–Kier alpha value is -1.06. The predicted octanol–water partition coefficient (Wildman–Crippen LogP) is 0.562. The van der Waals surface area contributed by atoms with Crippen LogP contribution >= 0.6 is 0 Å². The monoisotopic (exact) mass is 144 g/mol. The minimum Gasteiger partial charge on any atom is -0.247 e. The molecule has 1 rings (SSSR count). The average Bonchev–Trinajstić information content (AvgIpc) is 1.90. The Balaban J connectivity index is 2.36. The lowest BCUT2D eigenvalue weighted by Crippen LogP contribution is -2.13. The van der Waals surface area contributed by atoms with Crippen molar-refractivity contribution < 1.29 is 19.4 Å². The summed E-state index contributed by atoms with van der Waals surface area (Å²) in [4.78, 5) is 29.2. The van der Waals surface area contributed by atoms with Crippen molar-refractivity contribution in [2.45, 2.75) is 25.7 Å². The molecule has 1 aliphatic heterocycles. The third-order valence-electron chi connectivity index (χ3n) is 1.24. The molecule has 0 aromatic carbocycles. The second-order valence-electron chi connectivity index (χ2n) is 2.12. The Morgan fingerprint density at radius 2 is 1.30 bits per heavy atom. The number of hydrogen-bond acceptors (Lipinski definition) is 4. The molecule has 1 aliphatic rings.